The number of fused-ring (bicyclic) bond motifs is 1. The van der Waals surface area contributed by atoms with Crippen molar-refractivity contribution in [3.63, 3.8) is 0 Å². The molecular weight excluding hydrogens is 338 g/mol. The van der Waals surface area contributed by atoms with E-state index in [2.05, 4.69) is 16.0 Å². The van der Waals surface area contributed by atoms with Crippen LogP contribution in [0.5, 0.6) is 0 Å². The van der Waals surface area contributed by atoms with Crippen molar-refractivity contribution in [3.05, 3.63) is 52.8 Å². The van der Waals surface area contributed by atoms with E-state index in [0.717, 1.165) is 16.6 Å². The Labute approximate surface area is 149 Å². The zero-order valence-electron chi connectivity index (χ0n) is 13.5. The summed E-state index contributed by atoms with van der Waals surface area (Å²) in [7, 11) is 0. The third kappa shape index (κ3) is 3.07. The highest BCUT2D eigenvalue weighted by atomic mass is 35.5. The number of aromatic nitrogens is 2. The van der Waals surface area contributed by atoms with Crippen molar-refractivity contribution in [2.75, 3.05) is 0 Å². The first-order valence-electron chi connectivity index (χ1n) is 7.66. The number of nitriles is 1. The third-order valence-electron chi connectivity index (χ3n) is 4.24. The molecule has 1 heterocycles. The summed E-state index contributed by atoms with van der Waals surface area (Å²) in [5, 5.41) is 9.37. The van der Waals surface area contributed by atoms with Gasteiger partial charge in [0.05, 0.1) is 34.1 Å². The van der Waals surface area contributed by atoms with Crippen LogP contribution in [-0.2, 0) is 4.79 Å². The molecule has 0 saturated heterocycles. The Morgan fingerprint density at radius 3 is 2.56 bits per heavy atom. The zero-order chi connectivity index (χ0) is 18.1. The van der Waals surface area contributed by atoms with Crippen molar-refractivity contribution >= 4 is 28.5 Å². The molecule has 2 atom stereocenters. The summed E-state index contributed by atoms with van der Waals surface area (Å²) in [5.74, 6) is -0.588. The van der Waals surface area contributed by atoms with Crippen LogP contribution < -0.4 is 11.5 Å². The molecule has 0 bridgehead atoms. The minimum atomic E-state index is -0.640. The maximum atomic E-state index is 11.3. The van der Waals surface area contributed by atoms with Gasteiger partial charge in [0.1, 0.15) is 11.3 Å². The number of imidazole rings is 1. The fraction of sp³-hybridized carbons (Fsp3) is 0.167. The number of H-pyrrole nitrogens is 1. The maximum absolute atomic E-state index is 11.3. The first-order chi connectivity index (χ1) is 11.9. The molecule has 0 unspecified atom stereocenters. The van der Waals surface area contributed by atoms with E-state index in [1.807, 2.05) is 24.3 Å². The zero-order valence-corrected chi connectivity index (χ0v) is 14.2. The largest absolute Gasteiger partial charge is 0.369 e. The molecule has 25 heavy (non-hydrogen) atoms. The molecule has 0 saturated carbocycles. The Kier molecular flexibility index (Phi) is 4.45. The highest BCUT2D eigenvalue weighted by Crippen LogP contribution is 2.34. The average Bonchev–Trinajstić information content (AvgIpc) is 3.06. The number of amides is 1. The normalized spacial score (nSPS) is 13.4. The van der Waals surface area contributed by atoms with Crippen LogP contribution in [0.15, 0.2) is 36.4 Å². The number of benzene rings is 2. The minimum Gasteiger partial charge on any atom is -0.369 e. The molecule has 0 aliphatic heterocycles. The number of carbonyl (C=O) groups is 1. The predicted molar refractivity (Wildman–Crippen MR) is 96.5 cm³/mol. The third-order valence-corrected chi connectivity index (χ3v) is 4.62. The fourth-order valence-corrected chi connectivity index (χ4v) is 2.90. The van der Waals surface area contributed by atoms with Gasteiger partial charge < -0.3 is 16.5 Å². The van der Waals surface area contributed by atoms with E-state index in [1.165, 1.54) is 0 Å². The van der Waals surface area contributed by atoms with E-state index < -0.39 is 17.9 Å². The van der Waals surface area contributed by atoms with E-state index in [0.29, 0.717) is 21.9 Å². The molecule has 0 fully saturated rings. The van der Waals surface area contributed by atoms with Gasteiger partial charge in [0.25, 0.3) is 0 Å². The molecule has 1 amide bonds. The maximum Gasteiger partial charge on any atom is 0.222 e. The first-order valence-corrected chi connectivity index (χ1v) is 8.03. The summed E-state index contributed by atoms with van der Waals surface area (Å²) < 4.78 is 0. The lowest BCUT2D eigenvalue weighted by atomic mass is 10.0. The molecule has 2 aromatic carbocycles. The van der Waals surface area contributed by atoms with Crippen LogP contribution in [0.4, 0.5) is 0 Å². The van der Waals surface area contributed by atoms with Gasteiger partial charge in [0, 0.05) is 5.56 Å². The number of carbonyl (C=O) groups excluding carboxylic acids is 1. The van der Waals surface area contributed by atoms with Crippen LogP contribution in [0.3, 0.4) is 0 Å². The molecule has 1 aromatic heterocycles. The molecule has 5 N–H and O–H groups in total. The number of primary amides is 1. The van der Waals surface area contributed by atoms with Crippen LogP contribution >= 0.6 is 11.6 Å². The van der Waals surface area contributed by atoms with E-state index >= 15 is 0 Å². The second kappa shape index (κ2) is 6.55. The molecule has 6 nitrogen and oxygen atoms in total. The van der Waals surface area contributed by atoms with Gasteiger partial charge in [-0.25, -0.2) is 4.98 Å². The second-order valence-electron chi connectivity index (χ2n) is 5.85. The highest BCUT2D eigenvalue weighted by molar-refractivity contribution is 6.37. The molecule has 126 valence electrons. The summed E-state index contributed by atoms with van der Waals surface area (Å²) in [5.41, 5.74) is 14.9. The lowest BCUT2D eigenvalue weighted by molar-refractivity contribution is -0.121. The minimum absolute atomic E-state index is 0.458. The molecule has 3 rings (SSSR count). The average molecular weight is 354 g/mol. The number of halogens is 1. The number of nitrogens with two attached hydrogens (primary N) is 2. The van der Waals surface area contributed by atoms with Gasteiger partial charge in [-0.3, -0.25) is 4.79 Å². The number of aromatic amines is 1. The molecular formula is C18H16ClN5O. The van der Waals surface area contributed by atoms with Gasteiger partial charge >= 0.3 is 0 Å². The summed E-state index contributed by atoms with van der Waals surface area (Å²) in [4.78, 5) is 18.9. The Balaban J connectivity index is 2.05. The lowest BCUT2D eigenvalue weighted by Crippen LogP contribution is -2.31. The van der Waals surface area contributed by atoms with Gasteiger partial charge in [0.2, 0.25) is 5.91 Å². The van der Waals surface area contributed by atoms with Crippen molar-refractivity contribution in [2.45, 2.75) is 13.0 Å². The number of nitrogens with one attached hydrogen (secondary N) is 1. The van der Waals surface area contributed by atoms with Gasteiger partial charge in [0.15, 0.2) is 0 Å². The van der Waals surface area contributed by atoms with Gasteiger partial charge in [-0.1, -0.05) is 36.7 Å². The summed E-state index contributed by atoms with van der Waals surface area (Å²) in [6.45, 7) is 1.66. The van der Waals surface area contributed by atoms with Crippen molar-refractivity contribution < 1.29 is 4.79 Å². The first kappa shape index (κ1) is 17.0. The fourth-order valence-electron chi connectivity index (χ4n) is 2.58. The summed E-state index contributed by atoms with van der Waals surface area (Å²) in [6, 6.07) is 12.3. The monoisotopic (exact) mass is 353 g/mol. The van der Waals surface area contributed by atoms with E-state index in [9.17, 15) is 4.79 Å². The van der Waals surface area contributed by atoms with Crippen LogP contribution in [0.25, 0.3) is 22.2 Å². The van der Waals surface area contributed by atoms with Gasteiger partial charge in [-0.15, -0.1) is 0 Å². The summed E-state index contributed by atoms with van der Waals surface area (Å²) in [6.07, 6.45) is 0. The molecule has 0 spiro atoms. The predicted octanol–water partition coefficient (Wildman–Crippen LogP) is 2.88. The van der Waals surface area contributed by atoms with E-state index in [1.54, 1.807) is 19.1 Å². The Hall–Kier alpha value is -2.88. The van der Waals surface area contributed by atoms with E-state index in [4.69, 9.17) is 28.3 Å². The van der Waals surface area contributed by atoms with E-state index in [-0.39, 0.29) is 0 Å². The molecule has 0 radical (unpaired) electrons. The second-order valence-corrected chi connectivity index (χ2v) is 6.23. The molecule has 0 aliphatic rings. The Morgan fingerprint density at radius 2 is 1.96 bits per heavy atom. The highest BCUT2D eigenvalue weighted by Gasteiger charge is 2.23. The Bertz CT molecular complexity index is 987. The number of rotatable bonds is 4. The number of hydrogen-bond donors (Lipinski definition) is 3. The number of nitrogens with zero attached hydrogens (tertiary/aromatic N) is 2. The Morgan fingerprint density at radius 1 is 1.28 bits per heavy atom. The van der Waals surface area contributed by atoms with Gasteiger partial charge in [-0.2, -0.15) is 5.26 Å². The van der Waals surface area contributed by atoms with Crippen LogP contribution in [-0.4, -0.2) is 15.9 Å². The SMILES string of the molecule is C[C@@H](C(N)=O)[C@H](N)c1nc2c(Cl)c(-c3ccc(C#N)cc3)ccc2[nH]1. The topological polar surface area (TPSA) is 122 Å². The quantitative estimate of drug-likeness (QED) is 0.667. The van der Waals surface area contributed by atoms with Crippen LogP contribution in [0, 0.1) is 17.2 Å². The molecule has 3 aromatic rings. The van der Waals surface area contributed by atoms with Crippen molar-refractivity contribution in [2.24, 2.45) is 17.4 Å². The van der Waals surface area contributed by atoms with Crippen molar-refractivity contribution in [1.82, 2.24) is 9.97 Å². The lowest BCUT2D eigenvalue weighted by Gasteiger charge is -2.13. The smallest absolute Gasteiger partial charge is 0.222 e. The standard InChI is InChI=1S/C18H16ClN5O/c1-9(17(22)25)15(21)18-23-13-7-6-12(14(19)16(13)24-18)11-4-2-10(8-20)3-5-11/h2-7,9,15H,21H2,1H3,(H2,22,25)(H,23,24)/t9-,15+/m1/s1. The van der Waals surface area contributed by atoms with Crippen molar-refractivity contribution in [1.29, 1.82) is 5.26 Å². The van der Waals surface area contributed by atoms with Crippen LogP contribution in [0.2, 0.25) is 5.02 Å². The molecule has 0 aliphatic carbocycles. The van der Waals surface area contributed by atoms with Crippen LogP contribution in [0.1, 0.15) is 24.4 Å². The van der Waals surface area contributed by atoms with Crippen molar-refractivity contribution in [3.8, 4) is 17.2 Å². The van der Waals surface area contributed by atoms with Gasteiger partial charge in [-0.05, 0) is 23.8 Å². The number of hydrogen-bond acceptors (Lipinski definition) is 4. The summed E-state index contributed by atoms with van der Waals surface area (Å²) >= 11 is 6.53. The molecule has 7 heteroatoms.